The standard InChI is InChI=1S/C22H36N6O.HI/c1-17-18(2)29-21(25-17)16-26-11-6-19(7-12-26)14-24-22(23-3)28-13-8-20(15-28)27-9-4-5-10-27;/h4-5,19-20H,6-16H2,1-3H3,(H,23,24);1H. The molecule has 1 unspecified atom stereocenters. The number of nitrogens with zero attached hydrogens (tertiary/aromatic N) is 5. The molecule has 1 aromatic heterocycles. The lowest BCUT2D eigenvalue weighted by Crippen LogP contribution is -2.45. The van der Waals surface area contributed by atoms with Crippen LogP contribution < -0.4 is 5.32 Å². The summed E-state index contributed by atoms with van der Waals surface area (Å²) in [6.07, 6.45) is 8.23. The minimum absolute atomic E-state index is 0. The number of hydrogen-bond donors (Lipinski definition) is 1. The van der Waals surface area contributed by atoms with E-state index in [1.54, 1.807) is 0 Å². The number of nitrogens with one attached hydrogen (secondary N) is 1. The summed E-state index contributed by atoms with van der Waals surface area (Å²) in [5.74, 6) is 3.58. The summed E-state index contributed by atoms with van der Waals surface area (Å²) in [6.45, 7) is 12.5. The van der Waals surface area contributed by atoms with Gasteiger partial charge in [0.05, 0.1) is 12.2 Å². The van der Waals surface area contributed by atoms with E-state index >= 15 is 0 Å². The predicted molar refractivity (Wildman–Crippen MR) is 131 cm³/mol. The largest absolute Gasteiger partial charge is 0.444 e. The number of halogens is 1. The molecule has 0 radical (unpaired) electrons. The normalized spacial score (nSPS) is 23.9. The van der Waals surface area contributed by atoms with E-state index in [2.05, 4.69) is 42.1 Å². The number of rotatable bonds is 5. The Balaban J connectivity index is 0.00000256. The molecule has 3 aliphatic rings. The van der Waals surface area contributed by atoms with Crippen molar-refractivity contribution in [1.29, 1.82) is 0 Å². The van der Waals surface area contributed by atoms with Crippen molar-refractivity contribution in [3.63, 3.8) is 0 Å². The summed E-state index contributed by atoms with van der Waals surface area (Å²) in [7, 11) is 1.91. The van der Waals surface area contributed by atoms with E-state index in [0.717, 1.165) is 75.7 Å². The number of oxazole rings is 1. The highest BCUT2D eigenvalue weighted by atomic mass is 127. The molecule has 0 saturated carbocycles. The first kappa shape index (κ1) is 23.5. The number of aromatic nitrogens is 1. The number of guanidine groups is 1. The summed E-state index contributed by atoms with van der Waals surface area (Å²) in [5.41, 5.74) is 1.01. The minimum atomic E-state index is 0. The van der Waals surface area contributed by atoms with Crippen LogP contribution in [0.5, 0.6) is 0 Å². The first-order valence-electron chi connectivity index (χ1n) is 11.1. The van der Waals surface area contributed by atoms with Crippen LogP contribution in [0.1, 0.15) is 36.6 Å². The second-order valence-corrected chi connectivity index (χ2v) is 8.71. The summed E-state index contributed by atoms with van der Waals surface area (Å²) < 4.78 is 5.75. The third kappa shape index (κ3) is 5.76. The molecule has 30 heavy (non-hydrogen) atoms. The van der Waals surface area contributed by atoms with Crippen LogP contribution in [0.3, 0.4) is 0 Å². The van der Waals surface area contributed by atoms with Crippen molar-refractivity contribution in [1.82, 2.24) is 25.0 Å². The zero-order valence-corrected chi connectivity index (χ0v) is 21.0. The van der Waals surface area contributed by atoms with E-state index in [1.807, 2.05) is 20.9 Å². The van der Waals surface area contributed by atoms with E-state index in [-0.39, 0.29) is 24.0 Å². The van der Waals surface area contributed by atoms with Crippen molar-refractivity contribution in [2.45, 2.75) is 45.7 Å². The molecule has 2 saturated heterocycles. The average Bonchev–Trinajstić information content (AvgIpc) is 3.46. The Hall–Kier alpha value is -1.13. The van der Waals surface area contributed by atoms with Gasteiger partial charge in [-0.1, -0.05) is 12.2 Å². The zero-order chi connectivity index (χ0) is 20.2. The summed E-state index contributed by atoms with van der Waals surface area (Å²) in [6, 6.07) is 0.661. The SMILES string of the molecule is CN=C(NCC1CCN(Cc2nc(C)c(C)o2)CC1)N1CCC(N2CC=CC2)C1.I. The van der Waals surface area contributed by atoms with E-state index in [9.17, 15) is 0 Å². The highest BCUT2D eigenvalue weighted by Gasteiger charge is 2.30. The van der Waals surface area contributed by atoms with Crippen LogP contribution in [0.25, 0.3) is 0 Å². The third-order valence-electron chi connectivity index (χ3n) is 6.73. The fourth-order valence-electron chi connectivity index (χ4n) is 4.74. The Kier molecular flexibility index (Phi) is 8.59. The Morgan fingerprint density at radius 3 is 2.53 bits per heavy atom. The van der Waals surface area contributed by atoms with Crippen LogP contribution in [-0.2, 0) is 6.54 Å². The highest BCUT2D eigenvalue weighted by Crippen LogP contribution is 2.21. The molecule has 4 rings (SSSR count). The highest BCUT2D eigenvalue weighted by molar-refractivity contribution is 14.0. The first-order chi connectivity index (χ1) is 14.1. The third-order valence-corrected chi connectivity index (χ3v) is 6.73. The molecule has 8 heteroatoms. The van der Waals surface area contributed by atoms with Crippen LogP contribution in [-0.4, -0.2) is 84.5 Å². The maximum Gasteiger partial charge on any atom is 0.208 e. The molecule has 1 aromatic rings. The van der Waals surface area contributed by atoms with Crippen molar-refractivity contribution in [3.8, 4) is 0 Å². The number of piperidine rings is 1. The van der Waals surface area contributed by atoms with Crippen LogP contribution in [0.2, 0.25) is 0 Å². The molecule has 1 atom stereocenters. The van der Waals surface area contributed by atoms with Gasteiger partial charge in [0.2, 0.25) is 5.89 Å². The Morgan fingerprint density at radius 1 is 1.17 bits per heavy atom. The quantitative estimate of drug-likeness (QED) is 0.275. The Bertz CT molecular complexity index is 712. The van der Waals surface area contributed by atoms with Crippen LogP contribution >= 0.6 is 24.0 Å². The molecule has 0 aliphatic carbocycles. The molecular weight excluding hydrogens is 491 g/mol. The molecule has 2 fully saturated rings. The molecule has 168 valence electrons. The van der Waals surface area contributed by atoms with E-state index < -0.39 is 0 Å². The van der Waals surface area contributed by atoms with Crippen molar-refractivity contribution >= 4 is 29.9 Å². The van der Waals surface area contributed by atoms with Gasteiger partial charge in [-0.15, -0.1) is 24.0 Å². The number of aryl methyl sites for hydroxylation is 2. The predicted octanol–water partition coefficient (Wildman–Crippen LogP) is 2.64. The smallest absolute Gasteiger partial charge is 0.208 e. The van der Waals surface area contributed by atoms with Crippen molar-refractivity contribution in [2.24, 2.45) is 10.9 Å². The number of hydrogen-bond acceptors (Lipinski definition) is 5. The van der Waals surface area contributed by atoms with Gasteiger partial charge in [-0.25, -0.2) is 4.98 Å². The van der Waals surface area contributed by atoms with Gasteiger partial charge in [0.15, 0.2) is 5.96 Å². The fourth-order valence-corrected chi connectivity index (χ4v) is 4.74. The Labute approximate surface area is 198 Å². The van der Waals surface area contributed by atoms with Gasteiger partial charge in [0.1, 0.15) is 5.76 Å². The second kappa shape index (κ2) is 10.9. The molecule has 3 aliphatic heterocycles. The van der Waals surface area contributed by atoms with Gasteiger partial charge >= 0.3 is 0 Å². The molecular formula is C22H37IN6O. The molecule has 0 spiro atoms. The first-order valence-corrected chi connectivity index (χ1v) is 11.1. The summed E-state index contributed by atoms with van der Waals surface area (Å²) >= 11 is 0. The zero-order valence-electron chi connectivity index (χ0n) is 18.6. The number of aliphatic imine (C=N–C) groups is 1. The lowest BCUT2D eigenvalue weighted by atomic mass is 9.97. The van der Waals surface area contributed by atoms with Gasteiger partial charge < -0.3 is 14.6 Å². The van der Waals surface area contributed by atoms with Gasteiger partial charge in [-0.2, -0.15) is 0 Å². The second-order valence-electron chi connectivity index (χ2n) is 8.71. The number of likely N-dealkylation sites (tertiary alicyclic amines) is 2. The molecule has 1 N–H and O–H groups in total. The van der Waals surface area contributed by atoms with Gasteiger partial charge in [-0.05, 0) is 52.1 Å². The van der Waals surface area contributed by atoms with Gasteiger partial charge in [0.25, 0.3) is 0 Å². The van der Waals surface area contributed by atoms with Crippen LogP contribution in [0.4, 0.5) is 0 Å². The summed E-state index contributed by atoms with van der Waals surface area (Å²) in [4.78, 5) is 16.6. The molecule has 7 nitrogen and oxygen atoms in total. The Morgan fingerprint density at radius 2 is 1.90 bits per heavy atom. The van der Waals surface area contributed by atoms with E-state index in [0.29, 0.717) is 12.0 Å². The topological polar surface area (TPSA) is 60.1 Å². The maximum atomic E-state index is 5.75. The van der Waals surface area contributed by atoms with Crippen LogP contribution in [0.15, 0.2) is 21.6 Å². The molecule has 0 bridgehead atoms. The lowest BCUT2D eigenvalue weighted by Gasteiger charge is -2.32. The maximum absolute atomic E-state index is 5.75. The lowest BCUT2D eigenvalue weighted by molar-refractivity contribution is 0.163. The van der Waals surface area contributed by atoms with Crippen molar-refractivity contribution in [2.75, 3.05) is 52.9 Å². The van der Waals surface area contributed by atoms with Crippen LogP contribution in [0, 0.1) is 19.8 Å². The average molecular weight is 528 g/mol. The van der Waals surface area contributed by atoms with Crippen molar-refractivity contribution in [3.05, 3.63) is 29.5 Å². The van der Waals surface area contributed by atoms with Gasteiger partial charge in [-0.3, -0.25) is 14.8 Å². The van der Waals surface area contributed by atoms with E-state index in [4.69, 9.17) is 4.42 Å². The monoisotopic (exact) mass is 528 g/mol. The molecule has 0 aromatic carbocycles. The molecule has 4 heterocycles. The minimum Gasteiger partial charge on any atom is -0.444 e. The van der Waals surface area contributed by atoms with Gasteiger partial charge in [0, 0.05) is 45.8 Å². The summed E-state index contributed by atoms with van der Waals surface area (Å²) in [5, 5.41) is 3.66. The van der Waals surface area contributed by atoms with Crippen molar-refractivity contribution < 1.29 is 4.42 Å². The van der Waals surface area contributed by atoms with E-state index in [1.165, 1.54) is 19.3 Å². The fraction of sp³-hybridized carbons (Fsp3) is 0.727. The molecule has 0 amide bonds.